The van der Waals surface area contributed by atoms with E-state index >= 15 is 0 Å². The smallest absolute Gasteiger partial charge is 0.449 e. The maximum atomic E-state index is 11.8. The molecule has 0 radical (unpaired) electrons. The molecule has 0 saturated carbocycles. The third-order valence-corrected chi connectivity index (χ3v) is 1.17. The Morgan fingerprint density at radius 2 is 2.00 bits per heavy atom. The summed E-state index contributed by atoms with van der Waals surface area (Å²) >= 11 is 0. The zero-order chi connectivity index (χ0) is 8.32. The Bertz CT molecular complexity index is 221. The van der Waals surface area contributed by atoms with Crippen molar-refractivity contribution >= 4 is 6.98 Å². The largest absolute Gasteiger partial charge is 0.484 e. The minimum Gasteiger partial charge on any atom is -0.449 e. The molecule has 1 aromatic rings. The van der Waals surface area contributed by atoms with Crippen LogP contribution in [0.2, 0.25) is 0 Å². The molecule has 5 heteroatoms. The van der Waals surface area contributed by atoms with E-state index in [2.05, 4.69) is 4.98 Å². The molecule has 1 nitrogen and oxygen atoms in total. The van der Waals surface area contributed by atoms with Crippen molar-refractivity contribution in [3.05, 3.63) is 30.1 Å². The highest BCUT2D eigenvalue weighted by Gasteiger charge is 2.23. The third-order valence-electron chi connectivity index (χ3n) is 1.17. The number of pyridine rings is 1. The maximum absolute atomic E-state index is 11.8. The summed E-state index contributed by atoms with van der Waals surface area (Å²) in [5.74, 6) is 0. The van der Waals surface area contributed by atoms with Crippen molar-refractivity contribution in [1.29, 1.82) is 0 Å². The second-order valence-electron chi connectivity index (χ2n) is 2.24. The van der Waals surface area contributed by atoms with Crippen molar-refractivity contribution in [1.82, 2.24) is 4.98 Å². The van der Waals surface area contributed by atoms with Gasteiger partial charge in [-0.15, -0.1) is 0 Å². The Hall–Kier alpha value is -0.995. The molecule has 60 valence electrons. The highest BCUT2D eigenvalue weighted by molar-refractivity contribution is 6.57. The van der Waals surface area contributed by atoms with Crippen LogP contribution in [0.15, 0.2) is 24.4 Å². The Morgan fingerprint density at radius 1 is 1.27 bits per heavy atom. The minimum atomic E-state index is -4.74. The van der Waals surface area contributed by atoms with E-state index in [9.17, 15) is 12.9 Å². The average molecular weight is 160 g/mol. The molecule has 0 aliphatic carbocycles. The van der Waals surface area contributed by atoms with Crippen LogP contribution in [0.1, 0.15) is 5.69 Å². The first kappa shape index (κ1) is 8.10. The van der Waals surface area contributed by atoms with Crippen molar-refractivity contribution in [2.75, 3.05) is 0 Å². The van der Waals surface area contributed by atoms with Crippen LogP contribution in [-0.2, 0) is 6.32 Å². The van der Waals surface area contributed by atoms with E-state index in [1.165, 1.54) is 12.3 Å². The molecule has 0 spiro atoms. The topological polar surface area (TPSA) is 12.9 Å². The van der Waals surface area contributed by atoms with E-state index in [0.717, 1.165) is 0 Å². The van der Waals surface area contributed by atoms with Gasteiger partial charge in [0.25, 0.3) is 0 Å². The van der Waals surface area contributed by atoms with Crippen LogP contribution in [0.25, 0.3) is 0 Å². The average Bonchev–Trinajstić information content (AvgIpc) is 1.85. The lowest BCUT2D eigenvalue weighted by Gasteiger charge is -2.11. The second kappa shape index (κ2) is 2.94. The van der Waals surface area contributed by atoms with Gasteiger partial charge in [0.05, 0.1) is 0 Å². The molecule has 0 aliphatic heterocycles. The molecule has 0 amide bonds. The zero-order valence-corrected chi connectivity index (χ0v) is 5.67. The fourth-order valence-corrected chi connectivity index (χ4v) is 0.756. The van der Waals surface area contributed by atoms with Gasteiger partial charge in [-0.25, -0.2) is 0 Å². The summed E-state index contributed by atoms with van der Waals surface area (Å²) in [5, 5.41) is 0. The minimum absolute atomic E-state index is 0.0833. The van der Waals surface area contributed by atoms with Crippen molar-refractivity contribution in [3.63, 3.8) is 0 Å². The maximum Gasteiger partial charge on any atom is 0.484 e. The van der Waals surface area contributed by atoms with Crippen molar-refractivity contribution in [2.45, 2.75) is 6.32 Å². The molecular weight excluding hydrogens is 154 g/mol. The van der Waals surface area contributed by atoms with Crippen LogP contribution in [0.3, 0.4) is 0 Å². The third kappa shape index (κ3) is 3.07. The summed E-state index contributed by atoms with van der Waals surface area (Å²) < 4.78 is 35.3. The van der Waals surface area contributed by atoms with Crippen molar-refractivity contribution in [2.24, 2.45) is 0 Å². The molecule has 1 aromatic heterocycles. The van der Waals surface area contributed by atoms with Crippen molar-refractivity contribution in [3.8, 4) is 0 Å². The molecule has 0 N–H and O–H groups in total. The number of rotatable bonds is 2. The van der Waals surface area contributed by atoms with Gasteiger partial charge in [-0.3, -0.25) is 4.98 Å². The SMILES string of the molecule is F[B-](F)(F)Cc1ccccn1. The summed E-state index contributed by atoms with van der Waals surface area (Å²) in [6.45, 7) is -4.74. The van der Waals surface area contributed by atoms with Crippen LogP contribution in [0.4, 0.5) is 12.9 Å². The van der Waals surface area contributed by atoms with E-state index in [0.29, 0.717) is 0 Å². The molecule has 11 heavy (non-hydrogen) atoms. The standard InChI is InChI=1S/C6H6BF3N/c8-7(9,10)5-6-3-1-2-4-11-6/h1-4H,5H2/q-1. The Kier molecular flexibility index (Phi) is 2.17. The molecule has 0 atom stereocenters. The van der Waals surface area contributed by atoms with E-state index in [1.807, 2.05) is 0 Å². The monoisotopic (exact) mass is 160 g/mol. The highest BCUT2D eigenvalue weighted by atomic mass is 19.4. The van der Waals surface area contributed by atoms with E-state index in [1.54, 1.807) is 12.1 Å². The molecule has 0 fully saturated rings. The molecule has 1 heterocycles. The van der Waals surface area contributed by atoms with Gasteiger partial charge in [0.2, 0.25) is 0 Å². The van der Waals surface area contributed by atoms with E-state index in [-0.39, 0.29) is 5.69 Å². The molecule has 0 unspecified atom stereocenters. The van der Waals surface area contributed by atoms with Gasteiger partial charge in [0.1, 0.15) is 0 Å². The van der Waals surface area contributed by atoms with Crippen LogP contribution < -0.4 is 0 Å². The number of nitrogens with zero attached hydrogens (tertiary/aromatic N) is 1. The first-order chi connectivity index (χ1) is 5.08. The predicted octanol–water partition coefficient (Wildman–Crippen LogP) is 2.01. The lowest BCUT2D eigenvalue weighted by atomic mass is 9.84. The van der Waals surface area contributed by atoms with Gasteiger partial charge in [0, 0.05) is 11.9 Å². The lowest BCUT2D eigenvalue weighted by Crippen LogP contribution is -2.19. The fourth-order valence-electron chi connectivity index (χ4n) is 0.756. The van der Waals surface area contributed by atoms with Crippen LogP contribution >= 0.6 is 0 Å². The Morgan fingerprint density at radius 3 is 2.45 bits per heavy atom. The van der Waals surface area contributed by atoms with E-state index < -0.39 is 13.3 Å². The molecule has 0 bridgehead atoms. The number of aromatic nitrogens is 1. The fraction of sp³-hybridized carbons (Fsp3) is 0.167. The van der Waals surface area contributed by atoms with Crippen LogP contribution in [-0.4, -0.2) is 12.0 Å². The predicted molar refractivity (Wildman–Crippen MR) is 37.0 cm³/mol. The summed E-state index contributed by atoms with van der Waals surface area (Å²) in [7, 11) is 0. The zero-order valence-electron chi connectivity index (χ0n) is 5.67. The summed E-state index contributed by atoms with van der Waals surface area (Å²) in [6, 6.07) is 4.51. The van der Waals surface area contributed by atoms with Gasteiger partial charge in [-0.1, -0.05) is 6.07 Å². The molecule has 1 rings (SSSR count). The summed E-state index contributed by atoms with van der Waals surface area (Å²) in [4.78, 5) is 3.56. The summed E-state index contributed by atoms with van der Waals surface area (Å²) in [5.41, 5.74) is 0.0833. The lowest BCUT2D eigenvalue weighted by molar-refractivity contribution is 0.467. The molecular formula is C6H6BF3N-. The quantitative estimate of drug-likeness (QED) is 0.603. The van der Waals surface area contributed by atoms with E-state index in [4.69, 9.17) is 0 Å². The Labute approximate surface area is 62.3 Å². The first-order valence-electron chi connectivity index (χ1n) is 3.19. The van der Waals surface area contributed by atoms with Gasteiger partial charge < -0.3 is 12.9 Å². The summed E-state index contributed by atoms with van der Waals surface area (Å²) in [6.07, 6.45) is 0.470. The number of hydrogen-bond acceptors (Lipinski definition) is 1. The highest BCUT2D eigenvalue weighted by Crippen LogP contribution is 2.13. The molecule has 0 aromatic carbocycles. The van der Waals surface area contributed by atoms with Gasteiger partial charge in [0.15, 0.2) is 0 Å². The number of halogens is 3. The van der Waals surface area contributed by atoms with Gasteiger partial charge >= 0.3 is 6.98 Å². The molecule has 0 aliphatic rings. The molecule has 0 saturated heterocycles. The van der Waals surface area contributed by atoms with Crippen LogP contribution in [0.5, 0.6) is 0 Å². The van der Waals surface area contributed by atoms with Gasteiger partial charge in [-0.05, 0) is 18.5 Å². The van der Waals surface area contributed by atoms with Crippen molar-refractivity contribution < 1.29 is 12.9 Å². The second-order valence-corrected chi connectivity index (χ2v) is 2.24. The van der Waals surface area contributed by atoms with Crippen LogP contribution in [0, 0.1) is 0 Å². The normalized spacial score (nSPS) is 11.5. The Balaban J connectivity index is 2.66. The first-order valence-corrected chi connectivity index (χ1v) is 3.19. The van der Waals surface area contributed by atoms with Gasteiger partial charge in [-0.2, -0.15) is 0 Å². The number of hydrogen-bond donors (Lipinski definition) is 0.